The van der Waals surface area contributed by atoms with E-state index in [0.29, 0.717) is 0 Å². The molecule has 5 nitrogen and oxygen atoms in total. The zero-order valence-corrected chi connectivity index (χ0v) is 14.7. The normalized spacial score (nSPS) is 10.5. The number of unbranched alkanes of at least 4 members (excludes halogenated alkanes) is 12. The fourth-order valence-electron chi connectivity index (χ4n) is 2.55. The van der Waals surface area contributed by atoms with Crippen LogP contribution in [0.1, 0.15) is 96.8 Å². The van der Waals surface area contributed by atoms with E-state index in [1.54, 1.807) is 0 Å². The maximum Gasteiger partial charge on any atom is 0.315 e. The zero-order chi connectivity index (χ0) is 17.3. The molecule has 0 saturated heterocycles. The highest BCUT2D eigenvalue weighted by Crippen LogP contribution is 2.12. The minimum Gasteiger partial charge on any atom is -0.361 e. The lowest BCUT2D eigenvalue weighted by Crippen LogP contribution is -2.39. The molecule has 0 aliphatic carbocycles. The van der Waals surface area contributed by atoms with Crippen molar-refractivity contribution in [3.8, 4) is 0 Å². The van der Waals surface area contributed by atoms with Crippen molar-refractivity contribution in [1.29, 1.82) is 0 Å². The number of hydrogen-bond acceptors (Lipinski definition) is 3. The topological polar surface area (TPSA) is 89.3 Å². The second kappa shape index (κ2) is 15.5. The summed E-state index contributed by atoms with van der Waals surface area (Å²) >= 11 is 0. The molecule has 3 amide bonds. The summed E-state index contributed by atoms with van der Waals surface area (Å²) in [5.74, 6) is -2.56. The number of primary amides is 1. The van der Waals surface area contributed by atoms with Gasteiger partial charge in [-0.05, 0) is 6.42 Å². The summed E-state index contributed by atoms with van der Waals surface area (Å²) in [6.07, 6.45) is 16.4. The van der Waals surface area contributed by atoms with Gasteiger partial charge in [-0.25, -0.2) is 0 Å². The van der Waals surface area contributed by atoms with Gasteiger partial charge in [-0.3, -0.25) is 19.7 Å². The first-order valence-corrected chi connectivity index (χ1v) is 9.21. The van der Waals surface area contributed by atoms with Gasteiger partial charge in [0.25, 0.3) is 0 Å². The minimum absolute atomic E-state index is 0.275. The van der Waals surface area contributed by atoms with Crippen molar-refractivity contribution in [2.45, 2.75) is 96.8 Å². The molecule has 0 heterocycles. The second-order valence-electron chi connectivity index (χ2n) is 6.23. The average Bonchev–Trinajstić information content (AvgIpc) is 2.51. The van der Waals surface area contributed by atoms with Crippen molar-refractivity contribution >= 4 is 17.7 Å². The summed E-state index contributed by atoms with van der Waals surface area (Å²) in [6.45, 7) is 2.24. The van der Waals surface area contributed by atoms with E-state index in [2.05, 4.69) is 6.92 Å². The standard InChI is InChI=1S/C18H34N2O3/c1-2-3-4-5-6-7-8-9-10-11-12-13-14-15-16(21)20-18(23)17(19)22/h2-15H2,1H3,(H2,19,22)(H,20,21,23). The Hall–Kier alpha value is -1.39. The number of carbonyl (C=O) groups is 3. The van der Waals surface area contributed by atoms with Crippen LogP contribution in [-0.2, 0) is 14.4 Å². The highest BCUT2D eigenvalue weighted by atomic mass is 16.2. The van der Waals surface area contributed by atoms with Crippen LogP contribution >= 0.6 is 0 Å². The molecule has 134 valence electrons. The van der Waals surface area contributed by atoms with Gasteiger partial charge < -0.3 is 5.73 Å². The van der Waals surface area contributed by atoms with E-state index in [9.17, 15) is 14.4 Å². The summed E-state index contributed by atoms with van der Waals surface area (Å²) in [5, 5.41) is 1.97. The van der Waals surface area contributed by atoms with E-state index in [1.807, 2.05) is 5.32 Å². The van der Waals surface area contributed by atoms with E-state index in [0.717, 1.165) is 19.3 Å². The monoisotopic (exact) mass is 326 g/mol. The Morgan fingerprint density at radius 2 is 1.09 bits per heavy atom. The number of rotatable bonds is 14. The van der Waals surface area contributed by atoms with Crippen LogP contribution < -0.4 is 11.1 Å². The van der Waals surface area contributed by atoms with Crippen molar-refractivity contribution < 1.29 is 14.4 Å². The van der Waals surface area contributed by atoms with Gasteiger partial charge >= 0.3 is 11.8 Å². The van der Waals surface area contributed by atoms with Crippen molar-refractivity contribution in [2.75, 3.05) is 0 Å². The van der Waals surface area contributed by atoms with Gasteiger partial charge in [0.1, 0.15) is 0 Å². The molecule has 0 spiro atoms. The van der Waals surface area contributed by atoms with E-state index in [4.69, 9.17) is 5.73 Å². The predicted molar refractivity (Wildman–Crippen MR) is 92.7 cm³/mol. The van der Waals surface area contributed by atoms with Crippen LogP contribution in [0.5, 0.6) is 0 Å². The molecule has 0 bridgehead atoms. The second-order valence-corrected chi connectivity index (χ2v) is 6.23. The van der Waals surface area contributed by atoms with Gasteiger partial charge in [-0.15, -0.1) is 0 Å². The molecule has 0 rings (SSSR count). The van der Waals surface area contributed by atoms with Gasteiger partial charge in [0.2, 0.25) is 5.91 Å². The van der Waals surface area contributed by atoms with Gasteiger partial charge in [0.05, 0.1) is 0 Å². The van der Waals surface area contributed by atoms with Crippen molar-refractivity contribution in [3.05, 3.63) is 0 Å². The molecule has 0 unspecified atom stereocenters. The third-order valence-electron chi connectivity index (χ3n) is 3.98. The molecular formula is C18H34N2O3. The fourth-order valence-corrected chi connectivity index (χ4v) is 2.55. The maximum absolute atomic E-state index is 11.3. The van der Waals surface area contributed by atoms with E-state index < -0.39 is 17.7 Å². The molecule has 5 heteroatoms. The molecule has 0 aromatic rings. The summed E-state index contributed by atoms with van der Waals surface area (Å²) in [4.78, 5) is 32.7. The van der Waals surface area contributed by atoms with Crippen LogP contribution in [0.3, 0.4) is 0 Å². The van der Waals surface area contributed by atoms with E-state index in [1.165, 1.54) is 64.2 Å². The number of hydrogen-bond donors (Lipinski definition) is 2. The third kappa shape index (κ3) is 15.3. The summed E-state index contributed by atoms with van der Waals surface area (Å²) in [5.41, 5.74) is 4.76. The molecule has 0 aliphatic heterocycles. The molecular weight excluding hydrogens is 292 g/mol. The highest BCUT2D eigenvalue weighted by molar-refractivity contribution is 6.37. The van der Waals surface area contributed by atoms with E-state index >= 15 is 0 Å². The number of nitrogens with two attached hydrogens (primary N) is 1. The van der Waals surface area contributed by atoms with Gasteiger partial charge in [-0.1, -0.05) is 84.0 Å². The number of imide groups is 1. The first-order valence-electron chi connectivity index (χ1n) is 9.21. The Morgan fingerprint density at radius 3 is 1.48 bits per heavy atom. The van der Waals surface area contributed by atoms with Crippen LogP contribution in [0, 0.1) is 0 Å². The average molecular weight is 326 g/mol. The van der Waals surface area contributed by atoms with Crippen LogP contribution in [0.25, 0.3) is 0 Å². The largest absolute Gasteiger partial charge is 0.361 e. The molecule has 0 radical (unpaired) electrons. The third-order valence-corrected chi connectivity index (χ3v) is 3.98. The summed E-state index contributed by atoms with van der Waals surface area (Å²) in [6, 6.07) is 0. The van der Waals surface area contributed by atoms with Crippen molar-refractivity contribution in [1.82, 2.24) is 5.32 Å². The minimum atomic E-state index is -1.12. The molecule has 0 aromatic carbocycles. The van der Waals surface area contributed by atoms with Crippen molar-refractivity contribution in [3.63, 3.8) is 0 Å². The number of carbonyl (C=O) groups excluding carboxylic acids is 3. The smallest absolute Gasteiger partial charge is 0.315 e. The quantitative estimate of drug-likeness (QED) is 0.377. The Labute approximate surface area is 140 Å². The first kappa shape index (κ1) is 21.6. The Morgan fingerprint density at radius 1 is 0.696 bits per heavy atom. The molecule has 3 N–H and O–H groups in total. The van der Waals surface area contributed by atoms with Gasteiger partial charge in [-0.2, -0.15) is 0 Å². The van der Waals surface area contributed by atoms with Crippen molar-refractivity contribution in [2.24, 2.45) is 5.73 Å². The van der Waals surface area contributed by atoms with E-state index in [-0.39, 0.29) is 6.42 Å². The molecule has 23 heavy (non-hydrogen) atoms. The number of amides is 3. The maximum atomic E-state index is 11.3. The fraction of sp³-hybridized carbons (Fsp3) is 0.833. The van der Waals surface area contributed by atoms with Gasteiger partial charge in [0.15, 0.2) is 0 Å². The zero-order valence-electron chi connectivity index (χ0n) is 14.7. The lowest BCUT2D eigenvalue weighted by Gasteiger charge is -2.03. The molecule has 0 aromatic heterocycles. The van der Waals surface area contributed by atoms with Crippen LogP contribution in [0.2, 0.25) is 0 Å². The van der Waals surface area contributed by atoms with Gasteiger partial charge in [0, 0.05) is 6.42 Å². The predicted octanol–water partition coefficient (Wildman–Crippen LogP) is 3.60. The SMILES string of the molecule is CCCCCCCCCCCCCCCC(=O)NC(=O)C(N)=O. The molecule has 0 saturated carbocycles. The molecule has 0 atom stereocenters. The Balaban J connectivity index is 3.23. The van der Waals surface area contributed by atoms with Crippen LogP contribution in [-0.4, -0.2) is 17.7 Å². The van der Waals surface area contributed by atoms with Crippen LogP contribution in [0.4, 0.5) is 0 Å². The highest BCUT2D eigenvalue weighted by Gasteiger charge is 2.12. The molecule has 0 fully saturated rings. The van der Waals surface area contributed by atoms with Crippen LogP contribution in [0.15, 0.2) is 0 Å². The first-order chi connectivity index (χ1) is 11.1. The Bertz CT molecular complexity index is 343. The molecule has 0 aliphatic rings. The summed E-state index contributed by atoms with van der Waals surface area (Å²) in [7, 11) is 0. The lowest BCUT2D eigenvalue weighted by atomic mass is 10.0. The summed E-state index contributed by atoms with van der Waals surface area (Å²) < 4.78 is 0. The Kier molecular flexibility index (Phi) is 14.6. The number of nitrogens with one attached hydrogen (secondary N) is 1. The lowest BCUT2D eigenvalue weighted by molar-refractivity contribution is -0.140.